The molecular weight excluding hydrogens is 187 g/mol. The van der Waals surface area contributed by atoms with Gasteiger partial charge in [0.05, 0.1) is 0 Å². The average Bonchev–Trinajstić information content (AvgIpc) is 2.32. The van der Waals surface area contributed by atoms with E-state index in [1.54, 1.807) is 0 Å². The van der Waals surface area contributed by atoms with Crippen molar-refractivity contribution in [2.75, 3.05) is 0 Å². The van der Waals surface area contributed by atoms with E-state index < -0.39 is 0 Å². The second kappa shape index (κ2) is 7.20. The molecule has 82 valence electrons. The van der Waals surface area contributed by atoms with Crippen LogP contribution in [0.4, 0.5) is 0 Å². The Hall–Kier alpha value is -0.183. The predicted octanol–water partition coefficient (Wildman–Crippen LogP) is 1.56. The van der Waals surface area contributed by atoms with E-state index >= 15 is 0 Å². The summed E-state index contributed by atoms with van der Waals surface area (Å²) in [6, 6.07) is 11.7. The van der Waals surface area contributed by atoms with E-state index in [2.05, 4.69) is 25.1 Å². The fourth-order valence-corrected chi connectivity index (χ4v) is 2.86. The van der Waals surface area contributed by atoms with Crippen molar-refractivity contribution in [2.24, 2.45) is 5.92 Å². The van der Waals surface area contributed by atoms with Crippen molar-refractivity contribution in [1.29, 1.82) is 0 Å². The van der Waals surface area contributed by atoms with Crippen LogP contribution in [0.3, 0.4) is 0 Å². The first kappa shape index (κ1) is 13.9. The van der Waals surface area contributed by atoms with E-state index in [1.807, 2.05) is 12.1 Å². The maximum atomic E-state index is 3.10. The van der Waals surface area contributed by atoms with Gasteiger partial charge in [-0.05, 0) is 37.5 Å². The first-order valence-corrected chi connectivity index (χ1v) is 6.36. The van der Waals surface area contributed by atoms with Crippen LogP contribution in [0.25, 0.3) is 0 Å². The number of hydrogen-bond donors (Lipinski definition) is 0. The molecule has 0 unspecified atom stereocenters. The van der Waals surface area contributed by atoms with Crippen molar-refractivity contribution in [1.82, 2.24) is 0 Å². The topological polar surface area (TPSA) is 0 Å². The third-order valence-electron chi connectivity index (χ3n) is 3.76. The first-order chi connectivity index (χ1) is 7.40. The molecule has 1 heteroatoms. The van der Waals surface area contributed by atoms with Crippen LogP contribution in [0.2, 0.25) is 0 Å². The van der Waals surface area contributed by atoms with Crippen LogP contribution in [0.1, 0.15) is 56.9 Å². The Morgan fingerprint density at radius 2 is 1.75 bits per heavy atom. The first-order valence-electron chi connectivity index (χ1n) is 6.36. The molecule has 0 radical (unpaired) electrons. The summed E-state index contributed by atoms with van der Waals surface area (Å²) in [7, 11) is 0. The van der Waals surface area contributed by atoms with Gasteiger partial charge in [-0.25, -0.2) is 0 Å². The Balaban J connectivity index is 0.00000128. The van der Waals surface area contributed by atoms with Gasteiger partial charge in [-0.15, -0.1) is 0 Å². The van der Waals surface area contributed by atoms with Crippen LogP contribution in [-0.2, 0) is 0 Å². The van der Waals surface area contributed by atoms with Crippen LogP contribution in [-0.4, -0.2) is 0 Å². The van der Waals surface area contributed by atoms with Crippen LogP contribution >= 0.6 is 0 Å². The summed E-state index contributed by atoms with van der Waals surface area (Å²) in [5, 5.41) is 0. The van der Waals surface area contributed by atoms with Gasteiger partial charge >= 0.3 is 18.9 Å². The monoisotopic (exact) mass is 208 g/mol. The zero-order chi connectivity index (χ0) is 10.5. The Morgan fingerprint density at radius 3 is 2.31 bits per heavy atom. The summed E-state index contributed by atoms with van der Waals surface area (Å²) in [6.07, 6.45) is 8.47. The SMILES string of the molecule is CCCC1CCC(c2cc[c-]cc2)CC1.[Li+]. The minimum atomic E-state index is 0. The van der Waals surface area contributed by atoms with Gasteiger partial charge in [0.2, 0.25) is 0 Å². The third kappa shape index (κ3) is 3.69. The number of rotatable bonds is 3. The molecule has 0 amide bonds. The van der Waals surface area contributed by atoms with E-state index in [1.165, 1.54) is 44.1 Å². The number of benzene rings is 1. The van der Waals surface area contributed by atoms with Crippen LogP contribution in [0, 0.1) is 12.0 Å². The fourth-order valence-electron chi connectivity index (χ4n) is 2.86. The van der Waals surface area contributed by atoms with Crippen LogP contribution in [0.15, 0.2) is 24.3 Å². The van der Waals surface area contributed by atoms with Crippen molar-refractivity contribution in [3.8, 4) is 0 Å². The molecule has 1 saturated carbocycles. The molecule has 0 saturated heterocycles. The molecule has 0 nitrogen and oxygen atoms in total. The minimum Gasteiger partial charge on any atom is -0.184 e. The van der Waals surface area contributed by atoms with Gasteiger partial charge in [0, 0.05) is 0 Å². The normalized spacial score (nSPS) is 24.8. The van der Waals surface area contributed by atoms with Crippen molar-refractivity contribution in [3.63, 3.8) is 0 Å². The molecule has 0 spiro atoms. The van der Waals surface area contributed by atoms with Crippen molar-refractivity contribution in [3.05, 3.63) is 35.9 Å². The second-order valence-electron chi connectivity index (χ2n) is 4.84. The van der Waals surface area contributed by atoms with Gasteiger partial charge in [-0.1, -0.05) is 19.8 Å². The van der Waals surface area contributed by atoms with E-state index in [0.717, 1.165) is 11.8 Å². The standard InChI is InChI=1S/C15H21.Li/c1-2-6-13-9-11-15(12-10-13)14-7-4-3-5-8-14;/h4-5,7-8,13,15H,2,6,9-12H2,1H3;/q-1;+1. The molecule has 1 aromatic carbocycles. The van der Waals surface area contributed by atoms with E-state index in [4.69, 9.17) is 0 Å². The van der Waals surface area contributed by atoms with Gasteiger partial charge in [0.15, 0.2) is 0 Å². The molecule has 0 aliphatic heterocycles. The molecule has 0 atom stereocenters. The Labute approximate surface area is 112 Å². The third-order valence-corrected chi connectivity index (χ3v) is 3.76. The summed E-state index contributed by atoms with van der Waals surface area (Å²) in [6.45, 7) is 2.30. The van der Waals surface area contributed by atoms with Crippen molar-refractivity contribution < 1.29 is 18.9 Å². The van der Waals surface area contributed by atoms with Crippen LogP contribution < -0.4 is 18.9 Å². The fraction of sp³-hybridized carbons (Fsp3) is 0.600. The summed E-state index contributed by atoms with van der Waals surface area (Å²) in [5.74, 6) is 1.84. The van der Waals surface area contributed by atoms with Crippen LogP contribution in [0.5, 0.6) is 0 Å². The number of hydrogen-bond acceptors (Lipinski definition) is 0. The van der Waals surface area contributed by atoms with E-state index in [-0.39, 0.29) is 18.9 Å². The molecule has 0 bridgehead atoms. The maximum absolute atomic E-state index is 3.10. The summed E-state index contributed by atoms with van der Waals surface area (Å²) >= 11 is 0. The molecule has 0 aromatic heterocycles. The van der Waals surface area contributed by atoms with Gasteiger partial charge in [-0.3, -0.25) is 0 Å². The minimum absolute atomic E-state index is 0. The Morgan fingerprint density at radius 1 is 1.12 bits per heavy atom. The Kier molecular flexibility index (Phi) is 6.25. The van der Waals surface area contributed by atoms with Gasteiger partial charge in [0.1, 0.15) is 0 Å². The molecule has 16 heavy (non-hydrogen) atoms. The quantitative estimate of drug-likeness (QED) is 0.522. The molecule has 1 aromatic rings. The average molecular weight is 208 g/mol. The zero-order valence-corrected chi connectivity index (χ0v) is 10.7. The largest absolute Gasteiger partial charge is 1.00 e. The summed E-state index contributed by atoms with van der Waals surface area (Å²) in [4.78, 5) is 0. The summed E-state index contributed by atoms with van der Waals surface area (Å²) in [5.41, 5.74) is 1.53. The molecule has 2 rings (SSSR count). The smallest absolute Gasteiger partial charge is 0.184 e. The summed E-state index contributed by atoms with van der Waals surface area (Å²) < 4.78 is 0. The zero-order valence-electron chi connectivity index (χ0n) is 10.7. The van der Waals surface area contributed by atoms with Crippen molar-refractivity contribution in [2.45, 2.75) is 51.4 Å². The molecular formula is C15H21Li. The van der Waals surface area contributed by atoms with Crippen molar-refractivity contribution >= 4 is 0 Å². The maximum Gasteiger partial charge on any atom is 1.00 e. The van der Waals surface area contributed by atoms with Gasteiger partial charge in [0.25, 0.3) is 0 Å². The Bertz CT molecular complexity index is 273. The van der Waals surface area contributed by atoms with E-state index in [9.17, 15) is 0 Å². The molecule has 0 heterocycles. The second-order valence-corrected chi connectivity index (χ2v) is 4.84. The van der Waals surface area contributed by atoms with Gasteiger partial charge in [-0.2, -0.15) is 35.9 Å². The molecule has 1 aliphatic carbocycles. The predicted molar refractivity (Wildman–Crippen MR) is 64.9 cm³/mol. The molecule has 0 N–H and O–H groups in total. The van der Waals surface area contributed by atoms with Gasteiger partial charge < -0.3 is 0 Å². The molecule has 1 aliphatic rings. The van der Waals surface area contributed by atoms with E-state index in [0.29, 0.717) is 0 Å². The molecule has 1 fully saturated rings.